The van der Waals surface area contributed by atoms with E-state index < -0.39 is 54.2 Å². The van der Waals surface area contributed by atoms with Crippen LogP contribution in [0.25, 0.3) is 0 Å². The monoisotopic (exact) mass is 476 g/mol. The average Bonchev–Trinajstić information content (AvgIpc) is 2.77. The largest absolute Gasteiger partial charge is 0.481 e. The summed E-state index contributed by atoms with van der Waals surface area (Å²) in [6.45, 7) is 0. The summed E-state index contributed by atoms with van der Waals surface area (Å²) in [6.07, 6.45) is -1.09. The maximum absolute atomic E-state index is 13.7. The minimum Gasteiger partial charge on any atom is -0.481 e. The summed E-state index contributed by atoms with van der Waals surface area (Å²) >= 11 is 0. The van der Waals surface area contributed by atoms with Gasteiger partial charge in [0.05, 0.1) is 5.56 Å². The second-order valence-electron chi connectivity index (χ2n) is 7.05. The van der Waals surface area contributed by atoms with Crippen LogP contribution in [-0.4, -0.2) is 57.3 Å². The number of carboxylic acids is 3. The molecule has 5 N–H and O–H groups in total. The van der Waals surface area contributed by atoms with Crippen molar-refractivity contribution in [3.05, 3.63) is 65.5 Å². The fourth-order valence-corrected chi connectivity index (χ4v) is 2.80. The standard InChI is InChI=1S/C22H21FN2O9/c23-15-4-2-1-3-14(15)21(32)34-13-7-5-12(6-8-13)11-17(20(30)31)25-22(33)24-16(19(28)29)9-10-18(26)27/h1-8,16-17H,9-11H2,(H,26,27)(H,28,29)(H,30,31)(H2,24,25,33). The molecule has 2 amide bonds. The van der Waals surface area contributed by atoms with Crippen LogP contribution in [-0.2, 0) is 20.8 Å². The van der Waals surface area contributed by atoms with Crippen molar-refractivity contribution in [3.63, 3.8) is 0 Å². The topological polar surface area (TPSA) is 179 Å². The molecule has 2 aromatic carbocycles. The van der Waals surface area contributed by atoms with Crippen molar-refractivity contribution in [3.8, 4) is 5.75 Å². The van der Waals surface area contributed by atoms with Crippen LogP contribution in [0.1, 0.15) is 28.8 Å². The van der Waals surface area contributed by atoms with E-state index in [4.69, 9.17) is 14.9 Å². The first-order valence-corrected chi connectivity index (χ1v) is 9.87. The van der Waals surface area contributed by atoms with Gasteiger partial charge in [-0.25, -0.2) is 23.6 Å². The Labute approximate surface area is 192 Å². The second-order valence-corrected chi connectivity index (χ2v) is 7.05. The number of carbonyl (C=O) groups is 5. The number of ether oxygens (including phenoxy) is 1. The van der Waals surface area contributed by atoms with Crippen LogP contribution >= 0.6 is 0 Å². The highest BCUT2D eigenvalue weighted by molar-refractivity contribution is 5.91. The van der Waals surface area contributed by atoms with E-state index in [0.29, 0.717) is 5.56 Å². The summed E-state index contributed by atoms with van der Waals surface area (Å²) in [7, 11) is 0. The number of urea groups is 1. The van der Waals surface area contributed by atoms with E-state index in [0.717, 1.165) is 6.07 Å². The van der Waals surface area contributed by atoms with E-state index in [2.05, 4.69) is 5.32 Å². The Kier molecular flexibility index (Phi) is 9.06. The molecule has 2 atom stereocenters. The lowest BCUT2D eigenvalue weighted by atomic mass is 10.1. The maximum Gasteiger partial charge on any atom is 0.346 e. The van der Waals surface area contributed by atoms with Gasteiger partial charge in [-0.15, -0.1) is 0 Å². The third kappa shape index (κ3) is 7.89. The molecule has 0 spiro atoms. The lowest BCUT2D eigenvalue weighted by molar-refractivity contribution is -0.140. The van der Waals surface area contributed by atoms with Crippen molar-refractivity contribution < 1.29 is 48.4 Å². The molecule has 2 unspecified atom stereocenters. The first-order chi connectivity index (χ1) is 16.1. The molecule has 0 aliphatic rings. The van der Waals surface area contributed by atoms with Gasteiger partial charge in [-0.3, -0.25) is 4.79 Å². The predicted molar refractivity (Wildman–Crippen MR) is 113 cm³/mol. The van der Waals surface area contributed by atoms with Crippen molar-refractivity contribution in [2.75, 3.05) is 0 Å². The van der Waals surface area contributed by atoms with Gasteiger partial charge in [-0.2, -0.15) is 0 Å². The second kappa shape index (κ2) is 11.9. The van der Waals surface area contributed by atoms with E-state index in [1.165, 1.54) is 42.5 Å². The van der Waals surface area contributed by atoms with Gasteiger partial charge in [0.25, 0.3) is 0 Å². The van der Waals surface area contributed by atoms with Crippen molar-refractivity contribution >= 4 is 29.9 Å². The number of hydrogen-bond acceptors (Lipinski definition) is 6. The molecule has 34 heavy (non-hydrogen) atoms. The lowest BCUT2D eigenvalue weighted by Crippen LogP contribution is -2.51. The van der Waals surface area contributed by atoms with Gasteiger partial charge in [-0.05, 0) is 36.2 Å². The van der Waals surface area contributed by atoms with Gasteiger partial charge in [0, 0.05) is 12.8 Å². The molecule has 0 bridgehead atoms. The fraction of sp³-hybridized carbons (Fsp3) is 0.227. The molecule has 2 rings (SSSR count). The zero-order chi connectivity index (χ0) is 25.3. The smallest absolute Gasteiger partial charge is 0.346 e. The molecule has 0 aliphatic heterocycles. The number of nitrogens with one attached hydrogen (secondary N) is 2. The average molecular weight is 476 g/mol. The van der Waals surface area contributed by atoms with E-state index >= 15 is 0 Å². The van der Waals surface area contributed by atoms with Crippen LogP contribution in [0.3, 0.4) is 0 Å². The highest BCUT2D eigenvalue weighted by Crippen LogP contribution is 2.17. The summed E-state index contributed by atoms with van der Waals surface area (Å²) in [5.74, 6) is -5.70. The third-order valence-electron chi connectivity index (χ3n) is 4.52. The van der Waals surface area contributed by atoms with Crippen molar-refractivity contribution in [2.24, 2.45) is 0 Å². The molecular formula is C22H21FN2O9. The Bertz CT molecular complexity index is 1070. The Morgan fingerprint density at radius 1 is 0.853 bits per heavy atom. The molecule has 0 radical (unpaired) electrons. The Hall–Kier alpha value is -4.48. The number of halogens is 1. The van der Waals surface area contributed by atoms with Crippen LogP contribution in [0.2, 0.25) is 0 Å². The van der Waals surface area contributed by atoms with Gasteiger partial charge in [0.2, 0.25) is 0 Å². The van der Waals surface area contributed by atoms with Crippen LogP contribution in [0.15, 0.2) is 48.5 Å². The van der Waals surface area contributed by atoms with Crippen molar-refractivity contribution in [1.29, 1.82) is 0 Å². The molecule has 0 aliphatic carbocycles. The van der Waals surface area contributed by atoms with Gasteiger partial charge in [0.1, 0.15) is 23.7 Å². The lowest BCUT2D eigenvalue weighted by Gasteiger charge is -2.18. The van der Waals surface area contributed by atoms with Gasteiger partial charge >= 0.3 is 29.9 Å². The van der Waals surface area contributed by atoms with Crippen molar-refractivity contribution in [2.45, 2.75) is 31.3 Å². The molecular weight excluding hydrogens is 455 g/mol. The molecule has 180 valence electrons. The predicted octanol–water partition coefficient (Wildman–Crippen LogP) is 1.66. The summed E-state index contributed by atoms with van der Waals surface area (Å²) in [5, 5.41) is 31.3. The first-order valence-electron chi connectivity index (χ1n) is 9.87. The molecule has 0 heterocycles. The fourth-order valence-electron chi connectivity index (χ4n) is 2.80. The molecule has 0 saturated carbocycles. The maximum atomic E-state index is 13.7. The molecule has 0 aromatic heterocycles. The highest BCUT2D eigenvalue weighted by atomic mass is 19.1. The van der Waals surface area contributed by atoms with Crippen molar-refractivity contribution in [1.82, 2.24) is 10.6 Å². The number of carboxylic acid groups (broad SMARTS) is 3. The van der Waals surface area contributed by atoms with Crippen LogP contribution < -0.4 is 15.4 Å². The quantitative estimate of drug-likeness (QED) is 0.238. The number of hydrogen-bond donors (Lipinski definition) is 5. The molecule has 2 aromatic rings. The highest BCUT2D eigenvalue weighted by Gasteiger charge is 2.25. The SMILES string of the molecule is O=C(O)CCC(NC(=O)NC(Cc1ccc(OC(=O)c2ccccc2F)cc1)C(=O)O)C(=O)O. The number of benzene rings is 2. The van der Waals surface area contributed by atoms with Gasteiger partial charge < -0.3 is 30.7 Å². The summed E-state index contributed by atoms with van der Waals surface area (Å²) in [5.41, 5.74) is 0.176. The number of amides is 2. The van der Waals surface area contributed by atoms with E-state index in [1.807, 2.05) is 5.32 Å². The van der Waals surface area contributed by atoms with E-state index in [-0.39, 0.29) is 24.2 Å². The Morgan fingerprint density at radius 2 is 1.44 bits per heavy atom. The summed E-state index contributed by atoms with van der Waals surface area (Å²) < 4.78 is 18.8. The minimum absolute atomic E-state index is 0.0808. The molecule has 0 fully saturated rings. The zero-order valence-electron chi connectivity index (χ0n) is 17.6. The Morgan fingerprint density at radius 3 is 2.00 bits per heavy atom. The van der Waals surface area contributed by atoms with E-state index in [1.54, 1.807) is 0 Å². The first kappa shape index (κ1) is 25.8. The number of carbonyl (C=O) groups excluding carboxylic acids is 2. The number of rotatable bonds is 11. The zero-order valence-corrected chi connectivity index (χ0v) is 17.6. The molecule has 0 saturated heterocycles. The van der Waals surface area contributed by atoms with Crippen LogP contribution in [0.4, 0.5) is 9.18 Å². The number of esters is 1. The van der Waals surface area contributed by atoms with Crippen LogP contribution in [0, 0.1) is 5.82 Å². The molecule has 11 nitrogen and oxygen atoms in total. The Balaban J connectivity index is 1.98. The molecule has 12 heteroatoms. The summed E-state index contributed by atoms with van der Waals surface area (Å²) in [4.78, 5) is 57.4. The third-order valence-corrected chi connectivity index (χ3v) is 4.52. The normalized spacial score (nSPS) is 12.1. The summed E-state index contributed by atoms with van der Waals surface area (Å²) in [6, 6.07) is 6.80. The van der Waals surface area contributed by atoms with Gasteiger partial charge in [-0.1, -0.05) is 24.3 Å². The number of aliphatic carboxylic acids is 3. The van der Waals surface area contributed by atoms with Crippen LogP contribution in [0.5, 0.6) is 5.75 Å². The van der Waals surface area contributed by atoms with E-state index in [9.17, 15) is 33.5 Å². The van der Waals surface area contributed by atoms with Gasteiger partial charge in [0.15, 0.2) is 0 Å². The minimum atomic E-state index is -1.52.